The van der Waals surface area contributed by atoms with Crippen LogP contribution in [0.3, 0.4) is 0 Å². The van der Waals surface area contributed by atoms with Crippen LogP contribution in [0.25, 0.3) is 0 Å². The lowest BCUT2D eigenvalue weighted by molar-refractivity contribution is 0.501. The Morgan fingerprint density at radius 3 is 2.40 bits per heavy atom. The molecule has 1 saturated heterocycles. The van der Waals surface area contributed by atoms with Crippen molar-refractivity contribution in [3.8, 4) is 0 Å². The van der Waals surface area contributed by atoms with Gasteiger partial charge in [0.05, 0.1) is 0 Å². The number of benzene rings is 1. The molecule has 2 nitrogen and oxygen atoms in total. The van der Waals surface area contributed by atoms with Crippen molar-refractivity contribution in [2.24, 2.45) is 0 Å². The second-order valence-electron chi connectivity index (χ2n) is 5.76. The third-order valence-electron chi connectivity index (χ3n) is 4.32. The van der Waals surface area contributed by atoms with E-state index in [0.717, 1.165) is 24.6 Å². The second kappa shape index (κ2) is 5.66. The fourth-order valence-electron chi connectivity index (χ4n) is 3.17. The van der Waals surface area contributed by atoms with Crippen molar-refractivity contribution in [3.05, 3.63) is 59.3 Å². The standard InChI is InChI=1S/C18H22N2/c1-14-6-3-4-8-17(14)16-10-12-20(13-11-16)18-9-5-7-15(2)19-18/h3-9,16H,10-13H2,1-2H3. The summed E-state index contributed by atoms with van der Waals surface area (Å²) in [4.78, 5) is 7.06. The first kappa shape index (κ1) is 13.2. The summed E-state index contributed by atoms with van der Waals surface area (Å²) < 4.78 is 0. The molecule has 1 aliphatic heterocycles. The van der Waals surface area contributed by atoms with Gasteiger partial charge in [-0.1, -0.05) is 30.3 Å². The highest BCUT2D eigenvalue weighted by molar-refractivity contribution is 5.40. The van der Waals surface area contributed by atoms with Crippen molar-refractivity contribution >= 4 is 5.82 Å². The molecule has 2 heteroatoms. The van der Waals surface area contributed by atoms with Crippen molar-refractivity contribution < 1.29 is 0 Å². The van der Waals surface area contributed by atoms with Crippen LogP contribution in [0.1, 0.15) is 35.6 Å². The highest BCUT2D eigenvalue weighted by atomic mass is 15.2. The predicted molar refractivity (Wildman–Crippen MR) is 84.3 cm³/mol. The molecule has 0 saturated carbocycles. The van der Waals surface area contributed by atoms with Gasteiger partial charge in [-0.3, -0.25) is 0 Å². The first-order valence-electron chi connectivity index (χ1n) is 7.48. The third kappa shape index (κ3) is 2.69. The van der Waals surface area contributed by atoms with E-state index in [1.165, 1.54) is 24.0 Å². The molecule has 2 heterocycles. The SMILES string of the molecule is Cc1cccc(N2CCC(c3ccccc3C)CC2)n1. The monoisotopic (exact) mass is 266 g/mol. The average Bonchev–Trinajstić information content (AvgIpc) is 2.48. The highest BCUT2D eigenvalue weighted by Crippen LogP contribution is 2.31. The van der Waals surface area contributed by atoms with E-state index in [4.69, 9.17) is 0 Å². The zero-order valence-corrected chi connectivity index (χ0v) is 12.3. The Hall–Kier alpha value is -1.83. The largest absolute Gasteiger partial charge is 0.357 e. The summed E-state index contributed by atoms with van der Waals surface area (Å²) in [5.74, 6) is 1.84. The van der Waals surface area contributed by atoms with Crippen LogP contribution in [0.2, 0.25) is 0 Å². The van der Waals surface area contributed by atoms with Crippen LogP contribution in [0.5, 0.6) is 0 Å². The van der Waals surface area contributed by atoms with Crippen LogP contribution < -0.4 is 4.90 Å². The van der Waals surface area contributed by atoms with Crippen LogP contribution >= 0.6 is 0 Å². The molecule has 1 fully saturated rings. The van der Waals surface area contributed by atoms with E-state index in [-0.39, 0.29) is 0 Å². The summed E-state index contributed by atoms with van der Waals surface area (Å²) in [6.07, 6.45) is 2.45. The highest BCUT2D eigenvalue weighted by Gasteiger charge is 2.22. The van der Waals surface area contributed by atoms with Gasteiger partial charge in [-0.2, -0.15) is 0 Å². The van der Waals surface area contributed by atoms with Crippen LogP contribution in [-0.2, 0) is 0 Å². The number of aryl methyl sites for hydroxylation is 2. The molecule has 0 atom stereocenters. The Balaban J connectivity index is 1.70. The predicted octanol–water partition coefficient (Wildman–Crippen LogP) is 4.08. The van der Waals surface area contributed by atoms with Gasteiger partial charge in [0.15, 0.2) is 0 Å². The van der Waals surface area contributed by atoms with Gasteiger partial charge in [0.1, 0.15) is 5.82 Å². The molecule has 1 aromatic carbocycles. The van der Waals surface area contributed by atoms with Gasteiger partial charge in [-0.05, 0) is 55.9 Å². The number of anilines is 1. The maximum Gasteiger partial charge on any atom is 0.128 e. The molecular weight excluding hydrogens is 244 g/mol. The Morgan fingerprint density at radius 1 is 0.950 bits per heavy atom. The number of nitrogens with zero attached hydrogens (tertiary/aromatic N) is 2. The number of piperidine rings is 1. The van der Waals surface area contributed by atoms with E-state index in [1.54, 1.807) is 0 Å². The van der Waals surface area contributed by atoms with E-state index in [1.807, 2.05) is 0 Å². The quantitative estimate of drug-likeness (QED) is 0.814. The van der Waals surface area contributed by atoms with Crippen molar-refractivity contribution in [2.45, 2.75) is 32.6 Å². The number of hydrogen-bond donors (Lipinski definition) is 0. The summed E-state index contributed by atoms with van der Waals surface area (Å²) in [5, 5.41) is 0. The second-order valence-corrected chi connectivity index (χ2v) is 5.76. The first-order chi connectivity index (χ1) is 9.74. The normalized spacial score (nSPS) is 16.4. The van der Waals surface area contributed by atoms with Crippen LogP contribution in [-0.4, -0.2) is 18.1 Å². The van der Waals surface area contributed by atoms with Gasteiger partial charge in [-0.15, -0.1) is 0 Å². The summed E-state index contributed by atoms with van der Waals surface area (Å²) in [5.41, 5.74) is 4.06. The van der Waals surface area contributed by atoms with Crippen LogP contribution in [0.4, 0.5) is 5.82 Å². The number of rotatable bonds is 2. The molecule has 0 spiro atoms. The van der Waals surface area contributed by atoms with Crippen LogP contribution in [0, 0.1) is 13.8 Å². The van der Waals surface area contributed by atoms with Crippen LogP contribution in [0.15, 0.2) is 42.5 Å². The van der Waals surface area contributed by atoms with E-state index in [0.29, 0.717) is 5.92 Å². The Bertz CT molecular complexity index is 583. The summed E-state index contributed by atoms with van der Waals surface area (Å²) in [7, 11) is 0. The van der Waals surface area contributed by atoms with Crippen molar-refractivity contribution in [1.82, 2.24) is 4.98 Å². The summed E-state index contributed by atoms with van der Waals surface area (Å²) in [6.45, 7) is 6.50. The number of pyridine rings is 1. The topological polar surface area (TPSA) is 16.1 Å². The number of hydrogen-bond acceptors (Lipinski definition) is 2. The maximum atomic E-state index is 4.64. The molecule has 0 bridgehead atoms. The van der Waals surface area contributed by atoms with Gasteiger partial charge >= 0.3 is 0 Å². The lowest BCUT2D eigenvalue weighted by Gasteiger charge is -2.33. The van der Waals surface area contributed by atoms with Crippen molar-refractivity contribution in [3.63, 3.8) is 0 Å². The fourth-order valence-corrected chi connectivity index (χ4v) is 3.17. The molecular formula is C18H22N2. The Morgan fingerprint density at radius 2 is 1.70 bits per heavy atom. The van der Waals surface area contributed by atoms with Gasteiger partial charge < -0.3 is 4.90 Å². The molecule has 3 rings (SSSR count). The smallest absolute Gasteiger partial charge is 0.128 e. The minimum absolute atomic E-state index is 0.706. The maximum absolute atomic E-state index is 4.64. The van der Waals surface area contributed by atoms with E-state index < -0.39 is 0 Å². The molecule has 2 aromatic rings. The molecule has 0 aliphatic carbocycles. The first-order valence-corrected chi connectivity index (χ1v) is 7.48. The van der Waals surface area contributed by atoms with E-state index in [9.17, 15) is 0 Å². The molecule has 1 aromatic heterocycles. The molecule has 0 unspecified atom stereocenters. The fraction of sp³-hybridized carbons (Fsp3) is 0.389. The van der Waals surface area contributed by atoms with E-state index >= 15 is 0 Å². The zero-order valence-electron chi connectivity index (χ0n) is 12.3. The minimum Gasteiger partial charge on any atom is -0.357 e. The Labute approximate surface area is 121 Å². The lowest BCUT2D eigenvalue weighted by Crippen LogP contribution is -2.33. The van der Waals surface area contributed by atoms with Gasteiger partial charge in [0.2, 0.25) is 0 Å². The molecule has 104 valence electrons. The molecule has 0 amide bonds. The molecule has 1 aliphatic rings. The molecule has 0 radical (unpaired) electrons. The summed E-state index contributed by atoms with van der Waals surface area (Å²) in [6, 6.07) is 15.1. The van der Waals surface area contributed by atoms with Gasteiger partial charge in [0, 0.05) is 18.8 Å². The van der Waals surface area contributed by atoms with Crippen molar-refractivity contribution in [2.75, 3.05) is 18.0 Å². The third-order valence-corrected chi connectivity index (χ3v) is 4.32. The zero-order chi connectivity index (χ0) is 13.9. The molecule has 20 heavy (non-hydrogen) atoms. The Kier molecular flexibility index (Phi) is 3.72. The summed E-state index contributed by atoms with van der Waals surface area (Å²) >= 11 is 0. The van der Waals surface area contributed by atoms with E-state index in [2.05, 4.69) is 66.2 Å². The van der Waals surface area contributed by atoms with Gasteiger partial charge in [-0.25, -0.2) is 4.98 Å². The molecule has 0 N–H and O–H groups in total. The lowest BCUT2D eigenvalue weighted by atomic mass is 9.87. The minimum atomic E-state index is 0.706. The number of aromatic nitrogens is 1. The van der Waals surface area contributed by atoms with Crippen molar-refractivity contribution in [1.29, 1.82) is 0 Å². The van der Waals surface area contributed by atoms with Gasteiger partial charge in [0.25, 0.3) is 0 Å². The average molecular weight is 266 g/mol.